The van der Waals surface area contributed by atoms with Crippen LogP contribution < -0.4 is 10.1 Å². The molecule has 9 nitrogen and oxygen atoms in total. The second-order valence-electron chi connectivity index (χ2n) is 9.67. The Hall–Kier alpha value is -4.79. The average Bonchev–Trinajstić information content (AvgIpc) is 3.37. The van der Waals surface area contributed by atoms with E-state index < -0.39 is 6.09 Å². The van der Waals surface area contributed by atoms with Crippen molar-refractivity contribution in [3.63, 3.8) is 0 Å². The van der Waals surface area contributed by atoms with Gasteiger partial charge in [0.05, 0.1) is 13.2 Å². The molecule has 3 amide bonds. The van der Waals surface area contributed by atoms with Crippen molar-refractivity contribution in [1.82, 2.24) is 20.1 Å². The third-order valence-corrected chi connectivity index (χ3v) is 6.97. The van der Waals surface area contributed by atoms with E-state index in [0.29, 0.717) is 31.0 Å². The van der Waals surface area contributed by atoms with Crippen LogP contribution in [0.5, 0.6) is 5.75 Å². The van der Waals surface area contributed by atoms with Gasteiger partial charge >= 0.3 is 6.09 Å². The number of amides is 3. The van der Waals surface area contributed by atoms with E-state index in [-0.39, 0.29) is 30.9 Å². The summed E-state index contributed by atoms with van der Waals surface area (Å²) in [6, 6.07) is 24.6. The molecule has 0 unspecified atom stereocenters. The Morgan fingerprint density at radius 1 is 1.00 bits per heavy atom. The molecule has 1 saturated heterocycles. The number of aromatic nitrogens is 1. The Labute approximate surface area is 226 Å². The van der Waals surface area contributed by atoms with Crippen LogP contribution in [0.3, 0.4) is 0 Å². The molecule has 1 aliphatic heterocycles. The molecule has 2 heterocycles. The van der Waals surface area contributed by atoms with Gasteiger partial charge in [-0.25, -0.2) is 4.79 Å². The molecule has 3 aromatic carbocycles. The van der Waals surface area contributed by atoms with Crippen molar-refractivity contribution in [2.24, 2.45) is 0 Å². The van der Waals surface area contributed by atoms with Crippen molar-refractivity contribution in [1.29, 1.82) is 0 Å². The first-order valence-electron chi connectivity index (χ1n) is 12.7. The van der Waals surface area contributed by atoms with E-state index in [1.165, 1.54) is 0 Å². The number of methoxy groups -OCH3 is 1. The maximum atomic E-state index is 13.5. The minimum Gasteiger partial charge on any atom is -0.497 e. The van der Waals surface area contributed by atoms with Crippen LogP contribution in [0.2, 0.25) is 0 Å². The van der Waals surface area contributed by atoms with E-state index in [1.807, 2.05) is 77.7 Å². The van der Waals surface area contributed by atoms with Gasteiger partial charge in [0.2, 0.25) is 5.91 Å². The van der Waals surface area contributed by atoms with Gasteiger partial charge in [-0.05, 0) is 47.4 Å². The summed E-state index contributed by atoms with van der Waals surface area (Å²) in [4.78, 5) is 44.6. The summed E-state index contributed by atoms with van der Waals surface area (Å²) in [6.07, 6.45) is -0.492. The lowest BCUT2D eigenvalue weighted by Crippen LogP contribution is -2.58. The van der Waals surface area contributed by atoms with Crippen LogP contribution in [0, 0.1) is 0 Å². The summed E-state index contributed by atoms with van der Waals surface area (Å²) in [5.74, 6) is 0.343. The molecule has 200 valence electrons. The molecule has 1 atom stereocenters. The number of carbonyl (C=O) groups is 3. The number of hydrogen-bond acceptors (Lipinski definition) is 4. The SMILES string of the molecule is COc1ccc2[nH]c(C(=O)N3CC(=O)N(Cc4cccc(CNC(=O)O)c4)[C@@H](Cc4ccccc4)C3)cc2c1. The van der Waals surface area contributed by atoms with E-state index in [9.17, 15) is 14.4 Å². The summed E-state index contributed by atoms with van der Waals surface area (Å²) in [6.45, 7) is 0.913. The van der Waals surface area contributed by atoms with E-state index in [4.69, 9.17) is 9.84 Å². The fourth-order valence-corrected chi connectivity index (χ4v) is 5.04. The molecular weight excluding hydrogens is 496 g/mol. The minimum atomic E-state index is -1.09. The Bertz CT molecular complexity index is 1500. The highest BCUT2D eigenvalue weighted by Gasteiger charge is 2.35. The number of benzene rings is 3. The van der Waals surface area contributed by atoms with Crippen LogP contribution in [0.15, 0.2) is 78.9 Å². The number of hydrogen-bond donors (Lipinski definition) is 3. The van der Waals surface area contributed by atoms with Crippen LogP contribution in [0.1, 0.15) is 27.2 Å². The van der Waals surface area contributed by atoms with Gasteiger partial charge in [-0.1, -0.05) is 54.6 Å². The number of piperazine rings is 1. The molecule has 1 aliphatic rings. The predicted molar refractivity (Wildman–Crippen MR) is 147 cm³/mol. The molecule has 1 aromatic heterocycles. The van der Waals surface area contributed by atoms with Gasteiger partial charge < -0.3 is 29.9 Å². The number of aromatic amines is 1. The van der Waals surface area contributed by atoms with Crippen LogP contribution >= 0.6 is 0 Å². The first kappa shape index (κ1) is 25.8. The molecule has 1 fully saturated rings. The monoisotopic (exact) mass is 526 g/mol. The van der Waals surface area contributed by atoms with Gasteiger partial charge in [-0.15, -0.1) is 0 Å². The topological polar surface area (TPSA) is 115 Å². The summed E-state index contributed by atoms with van der Waals surface area (Å²) in [7, 11) is 1.60. The largest absolute Gasteiger partial charge is 0.497 e. The van der Waals surface area contributed by atoms with Crippen molar-refractivity contribution in [2.75, 3.05) is 20.2 Å². The van der Waals surface area contributed by atoms with Crippen molar-refractivity contribution < 1.29 is 24.2 Å². The van der Waals surface area contributed by atoms with E-state index in [1.54, 1.807) is 18.1 Å². The fourth-order valence-electron chi connectivity index (χ4n) is 5.04. The molecule has 39 heavy (non-hydrogen) atoms. The van der Waals surface area contributed by atoms with Crippen molar-refractivity contribution in [2.45, 2.75) is 25.6 Å². The minimum absolute atomic E-state index is 0.0247. The van der Waals surface area contributed by atoms with E-state index in [2.05, 4.69) is 10.3 Å². The normalized spacial score (nSPS) is 15.4. The third-order valence-electron chi connectivity index (χ3n) is 6.97. The fraction of sp³-hybridized carbons (Fsp3) is 0.233. The Kier molecular flexibility index (Phi) is 7.49. The zero-order valence-electron chi connectivity index (χ0n) is 21.6. The summed E-state index contributed by atoms with van der Waals surface area (Å²) in [5.41, 5.74) is 4.03. The lowest BCUT2D eigenvalue weighted by molar-refractivity contribution is -0.139. The van der Waals surface area contributed by atoms with Crippen molar-refractivity contribution in [3.05, 3.63) is 101 Å². The zero-order valence-corrected chi connectivity index (χ0v) is 21.6. The predicted octanol–water partition coefficient (Wildman–Crippen LogP) is 4.04. The highest BCUT2D eigenvalue weighted by molar-refractivity contribution is 6.00. The van der Waals surface area contributed by atoms with Crippen LogP contribution in [-0.2, 0) is 24.3 Å². The number of nitrogens with zero attached hydrogens (tertiary/aromatic N) is 2. The molecule has 3 N–H and O–H groups in total. The summed E-state index contributed by atoms with van der Waals surface area (Å²) in [5, 5.41) is 12.2. The molecule has 9 heteroatoms. The van der Waals surface area contributed by atoms with Crippen molar-refractivity contribution >= 4 is 28.8 Å². The number of carboxylic acid groups (broad SMARTS) is 1. The highest BCUT2D eigenvalue weighted by atomic mass is 16.5. The van der Waals surface area contributed by atoms with E-state index >= 15 is 0 Å². The smallest absolute Gasteiger partial charge is 0.404 e. The first-order chi connectivity index (χ1) is 18.9. The van der Waals surface area contributed by atoms with Gasteiger partial charge in [0.1, 0.15) is 18.0 Å². The third kappa shape index (κ3) is 6.04. The molecular formula is C30H30N4O5. The van der Waals surface area contributed by atoms with Gasteiger partial charge in [0.25, 0.3) is 5.91 Å². The standard InChI is InChI=1S/C30H30N4O5/c1-39-25-10-11-26-23(14-25)15-27(32-26)29(36)33-18-24(13-20-6-3-2-4-7-20)34(28(35)19-33)17-22-9-5-8-21(12-22)16-31-30(37)38/h2-12,14-15,24,31-32H,13,16-19H2,1H3,(H,37,38)/t24-/m0/s1. The van der Waals surface area contributed by atoms with Gasteiger partial charge in [0.15, 0.2) is 0 Å². The number of rotatable bonds is 8. The molecule has 0 radical (unpaired) electrons. The molecule has 0 saturated carbocycles. The summed E-state index contributed by atoms with van der Waals surface area (Å²) >= 11 is 0. The zero-order chi connectivity index (χ0) is 27.4. The maximum absolute atomic E-state index is 13.5. The number of nitrogens with one attached hydrogen (secondary N) is 2. The van der Waals surface area contributed by atoms with Gasteiger partial charge in [-0.2, -0.15) is 0 Å². The van der Waals surface area contributed by atoms with Gasteiger partial charge in [0, 0.05) is 30.5 Å². The quantitative estimate of drug-likeness (QED) is 0.321. The van der Waals surface area contributed by atoms with Crippen molar-refractivity contribution in [3.8, 4) is 5.75 Å². The number of carbonyl (C=O) groups excluding carboxylic acids is 2. The summed E-state index contributed by atoms with van der Waals surface area (Å²) < 4.78 is 5.30. The lowest BCUT2D eigenvalue weighted by atomic mass is 10.00. The highest BCUT2D eigenvalue weighted by Crippen LogP contribution is 2.24. The second-order valence-corrected chi connectivity index (χ2v) is 9.67. The Morgan fingerprint density at radius 3 is 2.54 bits per heavy atom. The molecule has 0 spiro atoms. The lowest BCUT2D eigenvalue weighted by Gasteiger charge is -2.41. The Morgan fingerprint density at radius 2 is 1.77 bits per heavy atom. The van der Waals surface area contributed by atoms with Crippen LogP contribution in [0.25, 0.3) is 10.9 Å². The molecule has 0 bridgehead atoms. The van der Waals surface area contributed by atoms with Gasteiger partial charge in [-0.3, -0.25) is 9.59 Å². The molecule has 4 aromatic rings. The number of fused-ring (bicyclic) bond motifs is 1. The number of H-pyrrole nitrogens is 1. The number of ether oxygens (including phenoxy) is 1. The van der Waals surface area contributed by atoms with E-state index in [0.717, 1.165) is 27.6 Å². The Balaban J connectivity index is 1.38. The molecule has 0 aliphatic carbocycles. The van der Waals surface area contributed by atoms with Crippen LogP contribution in [0.4, 0.5) is 4.79 Å². The maximum Gasteiger partial charge on any atom is 0.404 e. The van der Waals surface area contributed by atoms with Crippen LogP contribution in [-0.4, -0.2) is 64.0 Å². The average molecular weight is 527 g/mol. The molecule has 5 rings (SSSR count). The second kappa shape index (κ2) is 11.3. The first-order valence-corrected chi connectivity index (χ1v) is 12.7.